The molecule has 3 rings (SSSR count). The highest BCUT2D eigenvalue weighted by molar-refractivity contribution is 6.36. The van der Waals surface area contributed by atoms with Crippen molar-refractivity contribution < 1.29 is 4.79 Å². The largest absolute Gasteiger partial charge is 0.346 e. The number of carbonyl (C=O) groups is 1. The van der Waals surface area contributed by atoms with E-state index in [1.165, 1.54) is 0 Å². The highest BCUT2D eigenvalue weighted by Gasteiger charge is 2.17. The van der Waals surface area contributed by atoms with Crippen molar-refractivity contribution in [2.45, 2.75) is 6.54 Å². The van der Waals surface area contributed by atoms with Crippen molar-refractivity contribution in [2.75, 3.05) is 0 Å². The molecule has 3 aromatic heterocycles. The van der Waals surface area contributed by atoms with Crippen LogP contribution in [0.2, 0.25) is 5.02 Å². The van der Waals surface area contributed by atoms with Crippen LogP contribution in [0.1, 0.15) is 16.1 Å². The maximum Gasteiger partial charge on any atom is 0.273 e. The second-order valence-corrected chi connectivity index (χ2v) is 4.61. The first kappa shape index (κ1) is 12.6. The Kier molecular flexibility index (Phi) is 3.35. The molecule has 0 aliphatic heterocycles. The Hall–Kier alpha value is -2.40. The molecule has 0 radical (unpaired) electrons. The van der Waals surface area contributed by atoms with E-state index in [-0.39, 0.29) is 11.6 Å². The van der Waals surface area contributed by atoms with Crippen molar-refractivity contribution in [1.29, 1.82) is 0 Å². The fraction of sp³-hybridized carbons (Fsp3) is 0.0714. The van der Waals surface area contributed by atoms with Crippen molar-refractivity contribution in [3.63, 3.8) is 0 Å². The van der Waals surface area contributed by atoms with E-state index in [0.717, 1.165) is 5.56 Å². The van der Waals surface area contributed by atoms with Crippen LogP contribution in [0.4, 0.5) is 0 Å². The highest BCUT2D eigenvalue weighted by atomic mass is 35.5. The van der Waals surface area contributed by atoms with Gasteiger partial charge in [-0.3, -0.25) is 9.78 Å². The van der Waals surface area contributed by atoms with E-state index in [4.69, 9.17) is 11.6 Å². The summed E-state index contributed by atoms with van der Waals surface area (Å²) in [5.41, 5.74) is 1.85. The number of carbonyl (C=O) groups excluding carboxylic acids is 1. The number of halogens is 1. The third kappa shape index (κ3) is 2.35. The third-order valence-electron chi connectivity index (χ3n) is 2.87. The van der Waals surface area contributed by atoms with Crippen molar-refractivity contribution in [3.05, 3.63) is 65.2 Å². The average molecular weight is 287 g/mol. The molecular weight excluding hydrogens is 276 g/mol. The van der Waals surface area contributed by atoms with Crippen LogP contribution in [0.15, 0.2) is 48.9 Å². The molecule has 0 bridgehead atoms. The number of rotatable bonds is 3. The first-order valence-corrected chi connectivity index (χ1v) is 6.43. The van der Waals surface area contributed by atoms with Crippen molar-refractivity contribution in [1.82, 2.24) is 19.9 Å². The van der Waals surface area contributed by atoms with E-state index >= 15 is 0 Å². The van der Waals surface area contributed by atoms with Crippen LogP contribution in [0.3, 0.4) is 0 Å². The Morgan fingerprint density at radius 1 is 1.30 bits per heavy atom. The first-order chi connectivity index (χ1) is 9.75. The quantitative estimate of drug-likeness (QED) is 0.804. The summed E-state index contributed by atoms with van der Waals surface area (Å²) >= 11 is 6.18. The zero-order chi connectivity index (χ0) is 13.9. The molecule has 0 fully saturated rings. The van der Waals surface area contributed by atoms with E-state index in [0.29, 0.717) is 17.1 Å². The van der Waals surface area contributed by atoms with Crippen molar-refractivity contribution in [2.24, 2.45) is 0 Å². The molecule has 6 heteroatoms. The predicted octanol–water partition coefficient (Wildman–Crippen LogP) is 2.31. The lowest BCUT2D eigenvalue weighted by molar-refractivity contribution is 0.0945. The summed E-state index contributed by atoms with van der Waals surface area (Å²) in [5, 5.41) is 7.32. The lowest BCUT2D eigenvalue weighted by atomic mass is 10.3. The predicted molar refractivity (Wildman–Crippen MR) is 75.6 cm³/mol. The zero-order valence-corrected chi connectivity index (χ0v) is 11.2. The molecular formula is C14H11ClN4O. The second kappa shape index (κ2) is 5.30. The normalized spacial score (nSPS) is 10.7. The molecule has 0 spiro atoms. The summed E-state index contributed by atoms with van der Waals surface area (Å²) in [6, 6.07) is 9.19. The van der Waals surface area contributed by atoms with Crippen LogP contribution in [0.5, 0.6) is 0 Å². The van der Waals surface area contributed by atoms with E-state index in [1.807, 2.05) is 30.3 Å². The molecule has 0 unspecified atom stereocenters. The van der Waals surface area contributed by atoms with Crippen molar-refractivity contribution >= 4 is 23.0 Å². The summed E-state index contributed by atoms with van der Waals surface area (Å²) < 4.78 is 1.58. The number of pyridine rings is 2. The van der Waals surface area contributed by atoms with Gasteiger partial charge in [-0.05, 0) is 23.8 Å². The molecule has 5 nitrogen and oxygen atoms in total. The van der Waals surface area contributed by atoms with Gasteiger partial charge in [-0.2, -0.15) is 5.10 Å². The van der Waals surface area contributed by atoms with Gasteiger partial charge in [0.2, 0.25) is 0 Å². The number of amides is 1. The number of nitrogens with one attached hydrogen (secondary N) is 1. The second-order valence-electron chi connectivity index (χ2n) is 4.24. The monoisotopic (exact) mass is 286 g/mol. The molecule has 0 aliphatic carbocycles. The smallest absolute Gasteiger partial charge is 0.273 e. The van der Waals surface area contributed by atoms with Gasteiger partial charge in [-0.15, -0.1) is 0 Å². The summed E-state index contributed by atoms with van der Waals surface area (Å²) in [6.45, 7) is 0.386. The van der Waals surface area contributed by atoms with E-state index in [1.54, 1.807) is 23.1 Å². The molecule has 20 heavy (non-hydrogen) atoms. The topological polar surface area (TPSA) is 59.3 Å². The Labute approximate surface area is 120 Å². The number of nitrogens with zero attached hydrogens (tertiary/aromatic N) is 3. The van der Waals surface area contributed by atoms with Gasteiger partial charge < -0.3 is 5.32 Å². The lowest BCUT2D eigenvalue weighted by Gasteiger charge is -2.02. The van der Waals surface area contributed by atoms with Crippen LogP contribution in [0.25, 0.3) is 5.52 Å². The summed E-state index contributed by atoms with van der Waals surface area (Å²) in [5.74, 6) is -0.303. The fourth-order valence-corrected chi connectivity index (χ4v) is 2.16. The van der Waals surface area contributed by atoms with Gasteiger partial charge in [0.15, 0.2) is 5.69 Å². The molecule has 3 heterocycles. The zero-order valence-electron chi connectivity index (χ0n) is 10.5. The van der Waals surface area contributed by atoms with Gasteiger partial charge >= 0.3 is 0 Å². The maximum absolute atomic E-state index is 12.1. The molecule has 0 aromatic carbocycles. The summed E-state index contributed by atoms with van der Waals surface area (Å²) in [7, 11) is 0. The van der Waals surface area contributed by atoms with Crippen LogP contribution in [0, 0.1) is 0 Å². The Morgan fingerprint density at radius 3 is 2.95 bits per heavy atom. The van der Waals surface area contributed by atoms with Gasteiger partial charge in [0.05, 0.1) is 10.5 Å². The average Bonchev–Trinajstić information content (AvgIpc) is 2.84. The molecule has 3 aromatic rings. The Bertz CT molecular complexity index is 754. The number of fused-ring (bicyclic) bond motifs is 1. The first-order valence-electron chi connectivity index (χ1n) is 6.05. The van der Waals surface area contributed by atoms with Gasteiger partial charge in [-0.25, -0.2) is 4.52 Å². The third-order valence-corrected chi connectivity index (χ3v) is 3.24. The highest BCUT2D eigenvalue weighted by Crippen LogP contribution is 2.21. The van der Waals surface area contributed by atoms with Crippen LogP contribution < -0.4 is 5.32 Å². The standard InChI is InChI=1S/C14H11ClN4O/c15-12-11-5-1-2-7-19(11)18-13(12)14(20)17-9-10-4-3-6-16-8-10/h1-8H,9H2,(H,17,20). The minimum absolute atomic E-state index is 0.224. The Morgan fingerprint density at radius 2 is 2.20 bits per heavy atom. The van der Waals surface area contributed by atoms with Crippen LogP contribution >= 0.6 is 11.6 Å². The molecule has 1 N–H and O–H groups in total. The summed E-state index contributed by atoms with van der Waals surface area (Å²) in [4.78, 5) is 16.1. The minimum Gasteiger partial charge on any atom is -0.346 e. The van der Waals surface area contributed by atoms with Crippen molar-refractivity contribution in [3.8, 4) is 0 Å². The van der Waals surface area contributed by atoms with Gasteiger partial charge in [0.25, 0.3) is 5.91 Å². The maximum atomic E-state index is 12.1. The van der Waals surface area contributed by atoms with E-state index in [9.17, 15) is 4.79 Å². The van der Waals surface area contributed by atoms with Crippen LogP contribution in [-0.2, 0) is 6.54 Å². The lowest BCUT2D eigenvalue weighted by Crippen LogP contribution is -2.23. The number of hydrogen-bond donors (Lipinski definition) is 1. The Balaban J connectivity index is 1.81. The van der Waals surface area contributed by atoms with E-state index in [2.05, 4.69) is 15.4 Å². The summed E-state index contributed by atoms with van der Waals surface area (Å²) in [6.07, 6.45) is 5.13. The van der Waals surface area contributed by atoms with Gasteiger partial charge in [-0.1, -0.05) is 23.7 Å². The molecule has 0 saturated carbocycles. The number of hydrogen-bond acceptors (Lipinski definition) is 3. The minimum atomic E-state index is -0.303. The van der Waals surface area contributed by atoms with E-state index < -0.39 is 0 Å². The van der Waals surface area contributed by atoms with Gasteiger partial charge in [0, 0.05) is 25.1 Å². The number of aromatic nitrogens is 3. The molecule has 100 valence electrons. The SMILES string of the molecule is O=C(NCc1cccnc1)c1nn2ccccc2c1Cl. The molecule has 1 amide bonds. The molecule has 0 saturated heterocycles. The van der Waals surface area contributed by atoms with Crippen LogP contribution in [-0.4, -0.2) is 20.5 Å². The van der Waals surface area contributed by atoms with Gasteiger partial charge in [0.1, 0.15) is 0 Å². The molecule has 0 atom stereocenters. The molecule has 0 aliphatic rings. The fourth-order valence-electron chi connectivity index (χ4n) is 1.88.